The molecule has 10 heteroatoms. The minimum atomic E-state index is -4.42. The normalized spacial score (nSPS) is 13.3. The minimum absolute atomic E-state index is 0.186. The summed E-state index contributed by atoms with van der Waals surface area (Å²) in [6, 6.07) is 14.7. The molecule has 188 valence electrons. The lowest BCUT2D eigenvalue weighted by atomic mass is 10.1. The van der Waals surface area contributed by atoms with Crippen molar-refractivity contribution in [3.63, 3.8) is 0 Å². The number of aromatic amines is 1. The Labute approximate surface area is 207 Å². The summed E-state index contributed by atoms with van der Waals surface area (Å²) >= 11 is 0. The van der Waals surface area contributed by atoms with Crippen LogP contribution in [-0.4, -0.2) is 38.2 Å². The van der Waals surface area contributed by atoms with Crippen molar-refractivity contribution in [1.82, 2.24) is 25.1 Å². The second-order valence-corrected chi connectivity index (χ2v) is 8.13. The number of aromatic nitrogens is 5. The van der Waals surface area contributed by atoms with Crippen LogP contribution in [0.5, 0.6) is 0 Å². The van der Waals surface area contributed by atoms with Gasteiger partial charge in [0.2, 0.25) is 11.9 Å². The lowest BCUT2D eigenvalue weighted by Crippen LogP contribution is -2.20. The molecule has 2 N–H and O–H groups in total. The van der Waals surface area contributed by atoms with Crippen LogP contribution in [0.25, 0.3) is 11.4 Å². The van der Waals surface area contributed by atoms with Crippen LogP contribution in [-0.2, 0) is 12.6 Å². The van der Waals surface area contributed by atoms with E-state index in [1.807, 2.05) is 44.2 Å². The molecule has 3 heterocycles. The van der Waals surface area contributed by atoms with Crippen LogP contribution in [0.4, 0.5) is 30.8 Å². The molecule has 1 aliphatic rings. The number of alkyl halides is 3. The summed E-state index contributed by atoms with van der Waals surface area (Å²) in [5.41, 5.74) is 2.31. The molecule has 0 unspecified atom stereocenters. The van der Waals surface area contributed by atoms with Gasteiger partial charge in [-0.05, 0) is 48.7 Å². The average molecular weight is 496 g/mol. The fourth-order valence-corrected chi connectivity index (χ4v) is 3.94. The monoisotopic (exact) mass is 495 g/mol. The molecular weight excluding hydrogens is 467 g/mol. The highest BCUT2D eigenvalue weighted by Gasteiger charge is 2.30. The van der Waals surface area contributed by atoms with E-state index in [0.29, 0.717) is 12.2 Å². The van der Waals surface area contributed by atoms with E-state index in [-0.39, 0.29) is 11.6 Å². The molecule has 1 saturated heterocycles. The highest BCUT2D eigenvalue weighted by molar-refractivity contribution is 5.60. The maximum absolute atomic E-state index is 13.0. The van der Waals surface area contributed by atoms with Gasteiger partial charge in [-0.1, -0.05) is 38.1 Å². The first-order chi connectivity index (χ1) is 17.4. The number of rotatable bonds is 6. The molecule has 4 aromatic rings. The van der Waals surface area contributed by atoms with Gasteiger partial charge in [-0.25, -0.2) is 9.97 Å². The fourth-order valence-electron chi connectivity index (χ4n) is 3.94. The van der Waals surface area contributed by atoms with Crippen molar-refractivity contribution >= 4 is 17.6 Å². The molecule has 0 atom stereocenters. The van der Waals surface area contributed by atoms with Gasteiger partial charge in [0.15, 0.2) is 5.82 Å². The van der Waals surface area contributed by atoms with Gasteiger partial charge in [-0.2, -0.15) is 18.2 Å². The molecular formula is C26H28F3N7. The van der Waals surface area contributed by atoms with Crippen molar-refractivity contribution < 1.29 is 13.2 Å². The molecule has 0 saturated carbocycles. The molecule has 2 aromatic carbocycles. The zero-order valence-corrected chi connectivity index (χ0v) is 20.2. The SMILES string of the molecule is CC.FC(F)(F)c1cccc(Nc2n[nH]c(-c3cccc(Cc4ccnc(N5CCCC5)n4)c3)n2)c1. The quantitative estimate of drug-likeness (QED) is 0.329. The van der Waals surface area contributed by atoms with Crippen molar-refractivity contribution in [3.8, 4) is 11.4 Å². The molecule has 0 aliphatic carbocycles. The van der Waals surface area contributed by atoms with E-state index in [4.69, 9.17) is 4.98 Å². The van der Waals surface area contributed by atoms with E-state index in [1.165, 1.54) is 12.1 Å². The number of nitrogens with one attached hydrogen (secondary N) is 2. The first-order valence-electron chi connectivity index (χ1n) is 12.0. The molecule has 1 fully saturated rings. The fraction of sp³-hybridized carbons (Fsp3) is 0.308. The Kier molecular flexibility index (Phi) is 7.82. The van der Waals surface area contributed by atoms with Crippen LogP contribution in [0.2, 0.25) is 0 Å². The Hall–Kier alpha value is -3.95. The maximum Gasteiger partial charge on any atom is 0.416 e. The number of nitrogens with zero attached hydrogens (tertiary/aromatic N) is 5. The van der Waals surface area contributed by atoms with Crippen LogP contribution in [0, 0.1) is 0 Å². The summed E-state index contributed by atoms with van der Waals surface area (Å²) in [7, 11) is 0. The molecule has 1 aliphatic heterocycles. The number of anilines is 3. The number of H-pyrrole nitrogens is 1. The second-order valence-electron chi connectivity index (χ2n) is 8.13. The molecule has 36 heavy (non-hydrogen) atoms. The first kappa shape index (κ1) is 25.2. The highest BCUT2D eigenvalue weighted by atomic mass is 19.4. The third-order valence-corrected chi connectivity index (χ3v) is 5.61. The van der Waals surface area contributed by atoms with Gasteiger partial charge in [-0.15, -0.1) is 5.10 Å². The van der Waals surface area contributed by atoms with Crippen molar-refractivity contribution in [1.29, 1.82) is 0 Å². The standard InChI is InChI=1S/C24H22F3N7.C2H6/c25-24(26,27)18-7-4-8-19(15-18)29-22-31-21(32-33-22)17-6-3-5-16(13-17)14-20-9-10-28-23(30-20)34-11-1-2-12-34;1-2/h3-10,13,15H,1-2,11-12,14H2,(H2,29,31,32,33);1-2H3. The molecule has 2 aromatic heterocycles. The molecule has 0 radical (unpaired) electrons. The molecule has 5 rings (SSSR count). The predicted octanol–water partition coefficient (Wildman–Crippen LogP) is 6.24. The van der Waals surface area contributed by atoms with Crippen molar-refractivity contribution in [2.24, 2.45) is 0 Å². The van der Waals surface area contributed by atoms with E-state index in [9.17, 15) is 13.2 Å². The zero-order valence-electron chi connectivity index (χ0n) is 20.2. The van der Waals surface area contributed by atoms with Gasteiger partial charge < -0.3 is 10.2 Å². The highest BCUT2D eigenvalue weighted by Crippen LogP contribution is 2.31. The summed E-state index contributed by atoms with van der Waals surface area (Å²) in [5, 5.41) is 9.76. The lowest BCUT2D eigenvalue weighted by molar-refractivity contribution is -0.137. The van der Waals surface area contributed by atoms with E-state index in [0.717, 1.165) is 60.8 Å². The van der Waals surface area contributed by atoms with Crippen molar-refractivity contribution in [2.75, 3.05) is 23.3 Å². The Morgan fingerprint density at radius 3 is 2.53 bits per heavy atom. The number of hydrogen-bond acceptors (Lipinski definition) is 6. The summed E-state index contributed by atoms with van der Waals surface area (Å²) in [5.74, 6) is 1.47. The van der Waals surface area contributed by atoms with Crippen molar-refractivity contribution in [3.05, 3.63) is 77.6 Å². The summed E-state index contributed by atoms with van der Waals surface area (Å²) < 4.78 is 38.9. The van der Waals surface area contributed by atoms with Crippen LogP contribution in [0.15, 0.2) is 60.8 Å². The van der Waals surface area contributed by atoms with Crippen LogP contribution in [0.3, 0.4) is 0 Å². The van der Waals surface area contributed by atoms with Crippen LogP contribution >= 0.6 is 0 Å². The summed E-state index contributed by atoms with van der Waals surface area (Å²) in [4.78, 5) is 15.7. The van der Waals surface area contributed by atoms with Gasteiger partial charge in [0.05, 0.1) is 11.3 Å². The van der Waals surface area contributed by atoms with E-state index < -0.39 is 11.7 Å². The zero-order chi connectivity index (χ0) is 25.5. The van der Waals surface area contributed by atoms with E-state index in [2.05, 4.69) is 30.4 Å². The Morgan fingerprint density at radius 2 is 1.75 bits per heavy atom. The maximum atomic E-state index is 13.0. The van der Waals surface area contributed by atoms with E-state index in [1.54, 1.807) is 6.20 Å². The van der Waals surface area contributed by atoms with Crippen LogP contribution in [0.1, 0.15) is 43.5 Å². The third kappa shape index (κ3) is 6.18. The molecule has 0 bridgehead atoms. The van der Waals surface area contributed by atoms with Gasteiger partial charge in [0, 0.05) is 37.0 Å². The molecule has 0 amide bonds. The van der Waals surface area contributed by atoms with Gasteiger partial charge in [-0.3, -0.25) is 5.10 Å². The molecule has 0 spiro atoms. The summed E-state index contributed by atoms with van der Waals surface area (Å²) in [6.07, 6.45) is 0.346. The Bertz CT molecular complexity index is 1280. The largest absolute Gasteiger partial charge is 0.416 e. The summed E-state index contributed by atoms with van der Waals surface area (Å²) in [6.45, 7) is 5.97. The predicted molar refractivity (Wildman–Crippen MR) is 134 cm³/mol. The van der Waals surface area contributed by atoms with Crippen molar-refractivity contribution in [2.45, 2.75) is 39.3 Å². The molecule has 7 nitrogen and oxygen atoms in total. The minimum Gasteiger partial charge on any atom is -0.341 e. The first-order valence-corrected chi connectivity index (χ1v) is 12.0. The van der Waals surface area contributed by atoms with Gasteiger partial charge >= 0.3 is 6.18 Å². The second kappa shape index (κ2) is 11.2. The van der Waals surface area contributed by atoms with Crippen LogP contribution < -0.4 is 10.2 Å². The average Bonchev–Trinajstić information content (AvgIpc) is 3.58. The van der Waals surface area contributed by atoms with E-state index >= 15 is 0 Å². The van der Waals surface area contributed by atoms with Gasteiger partial charge in [0.1, 0.15) is 0 Å². The Morgan fingerprint density at radius 1 is 0.972 bits per heavy atom. The topological polar surface area (TPSA) is 82.6 Å². The third-order valence-electron chi connectivity index (χ3n) is 5.61. The number of benzene rings is 2. The smallest absolute Gasteiger partial charge is 0.341 e. The number of halogens is 3. The number of hydrogen-bond donors (Lipinski definition) is 2. The Balaban J connectivity index is 0.00000148. The lowest BCUT2D eigenvalue weighted by Gasteiger charge is -2.15. The van der Waals surface area contributed by atoms with Gasteiger partial charge in [0.25, 0.3) is 0 Å².